The highest BCUT2D eigenvalue weighted by molar-refractivity contribution is 4.58. The van der Waals surface area contributed by atoms with Crippen LogP contribution in [0.3, 0.4) is 0 Å². The van der Waals surface area contributed by atoms with E-state index in [4.69, 9.17) is 0 Å². The fourth-order valence-electron chi connectivity index (χ4n) is 1.37. The third kappa shape index (κ3) is 8.18. The van der Waals surface area contributed by atoms with E-state index in [9.17, 15) is 0 Å². The Kier molecular flexibility index (Phi) is 6.24. The Balaban J connectivity index is 0.000000310. The lowest BCUT2D eigenvalue weighted by molar-refractivity contribution is 0.0149. The molecule has 4 heteroatoms. The van der Waals surface area contributed by atoms with Crippen LogP contribution in [-0.2, 0) is 0 Å². The molecule has 0 N–H and O–H groups in total. The van der Waals surface area contributed by atoms with Gasteiger partial charge in [0.2, 0.25) is 0 Å². The molecular weight excluding hydrogens is 164 g/mol. The van der Waals surface area contributed by atoms with Crippen LogP contribution in [-0.4, -0.2) is 81.9 Å². The molecule has 0 aromatic heterocycles. The van der Waals surface area contributed by atoms with E-state index >= 15 is 0 Å². The molecule has 0 aliphatic carbocycles. The van der Waals surface area contributed by atoms with Crippen LogP contribution in [0.15, 0.2) is 0 Å². The summed E-state index contributed by atoms with van der Waals surface area (Å²) in [6.45, 7) is 3.26. The summed E-state index contributed by atoms with van der Waals surface area (Å²) in [7, 11) is 12.4. The van der Waals surface area contributed by atoms with Gasteiger partial charge in [-0.2, -0.15) is 0 Å². The minimum atomic E-state index is 1.09. The number of rotatable bonds is 0. The van der Waals surface area contributed by atoms with Crippen LogP contribution in [0.25, 0.3) is 0 Å². The van der Waals surface area contributed by atoms with Crippen molar-refractivity contribution in [3.8, 4) is 0 Å². The SMILES string of the molecule is CN(C)C.CN1CN(C)CN(C)C1. The van der Waals surface area contributed by atoms with Crippen LogP contribution in [0.1, 0.15) is 0 Å². The number of nitrogens with zero attached hydrogens (tertiary/aromatic N) is 4. The van der Waals surface area contributed by atoms with E-state index in [-0.39, 0.29) is 0 Å². The highest BCUT2D eigenvalue weighted by atomic mass is 15.5. The van der Waals surface area contributed by atoms with E-state index in [1.54, 1.807) is 0 Å². The highest BCUT2D eigenvalue weighted by Gasteiger charge is 2.13. The quantitative estimate of drug-likeness (QED) is 0.524. The normalized spacial score (nSPS) is 21.5. The first-order valence-corrected chi connectivity index (χ1v) is 4.58. The lowest BCUT2D eigenvalue weighted by Crippen LogP contribution is -2.50. The molecule has 0 spiro atoms. The molecule has 13 heavy (non-hydrogen) atoms. The largest absolute Gasteiger partial charge is 0.312 e. The fourth-order valence-corrected chi connectivity index (χ4v) is 1.37. The van der Waals surface area contributed by atoms with E-state index in [1.165, 1.54) is 0 Å². The molecule has 0 aromatic rings. The third-order valence-corrected chi connectivity index (χ3v) is 1.45. The maximum Gasteiger partial charge on any atom is 0.0523 e. The fraction of sp³-hybridized carbons (Fsp3) is 1.00. The van der Waals surface area contributed by atoms with Crippen molar-refractivity contribution in [2.45, 2.75) is 0 Å². The predicted octanol–water partition coefficient (Wildman–Crippen LogP) is -0.154. The Hall–Kier alpha value is -0.160. The molecule has 1 fully saturated rings. The second-order valence-corrected chi connectivity index (χ2v) is 4.33. The van der Waals surface area contributed by atoms with Crippen molar-refractivity contribution < 1.29 is 0 Å². The van der Waals surface area contributed by atoms with Gasteiger partial charge in [-0.05, 0) is 42.3 Å². The smallest absolute Gasteiger partial charge is 0.0523 e. The van der Waals surface area contributed by atoms with Gasteiger partial charge in [-0.3, -0.25) is 14.7 Å². The Morgan fingerprint density at radius 1 is 0.692 bits per heavy atom. The highest BCUT2D eigenvalue weighted by Crippen LogP contribution is 1.98. The zero-order valence-corrected chi connectivity index (χ0v) is 9.91. The van der Waals surface area contributed by atoms with Crippen LogP contribution in [0.2, 0.25) is 0 Å². The van der Waals surface area contributed by atoms with Gasteiger partial charge in [0.05, 0.1) is 20.0 Å². The molecule has 4 nitrogen and oxygen atoms in total. The Morgan fingerprint density at radius 2 is 0.846 bits per heavy atom. The van der Waals surface area contributed by atoms with Gasteiger partial charge in [-0.25, -0.2) is 0 Å². The molecule has 1 saturated heterocycles. The first kappa shape index (κ1) is 12.8. The van der Waals surface area contributed by atoms with Gasteiger partial charge >= 0.3 is 0 Å². The van der Waals surface area contributed by atoms with Crippen molar-refractivity contribution in [2.24, 2.45) is 0 Å². The van der Waals surface area contributed by atoms with Gasteiger partial charge in [0, 0.05) is 0 Å². The summed E-state index contributed by atoms with van der Waals surface area (Å²) in [5.41, 5.74) is 0. The molecule has 1 rings (SSSR count). The third-order valence-electron chi connectivity index (χ3n) is 1.45. The van der Waals surface area contributed by atoms with Crippen LogP contribution >= 0.6 is 0 Å². The van der Waals surface area contributed by atoms with E-state index < -0.39 is 0 Å². The second-order valence-electron chi connectivity index (χ2n) is 4.33. The van der Waals surface area contributed by atoms with Crippen LogP contribution in [0.5, 0.6) is 0 Å². The monoisotopic (exact) mass is 188 g/mol. The Bertz CT molecular complexity index is 99.0. The maximum atomic E-state index is 2.28. The molecule has 0 saturated carbocycles. The average Bonchev–Trinajstić information content (AvgIpc) is 1.80. The molecule has 1 aliphatic heterocycles. The van der Waals surface area contributed by atoms with Gasteiger partial charge in [0.25, 0.3) is 0 Å². The lowest BCUT2D eigenvalue weighted by atomic mass is 10.6. The molecule has 1 aliphatic rings. The van der Waals surface area contributed by atoms with Gasteiger partial charge < -0.3 is 4.90 Å². The molecule has 0 unspecified atom stereocenters. The maximum absolute atomic E-state index is 2.28. The van der Waals surface area contributed by atoms with E-state index in [2.05, 4.69) is 35.8 Å². The summed E-state index contributed by atoms with van der Waals surface area (Å²) >= 11 is 0. The van der Waals surface area contributed by atoms with Gasteiger partial charge in [0.15, 0.2) is 0 Å². The summed E-state index contributed by atoms with van der Waals surface area (Å²) in [5.74, 6) is 0. The minimum absolute atomic E-state index is 1.09. The zero-order valence-electron chi connectivity index (χ0n) is 9.91. The summed E-state index contributed by atoms with van der Waals surface area (Å²) in [6, 6.07) is 0. The standard InChI is InChI=1S/C6H15N3.C3H9N/c1-7-4-8(2)6-9(3)5-7;1-4(2)3/h4-6H2,1-3H3;1-3H3. The molecule has 0 radical (unpaired) electrons. The Morgan fingerprint density at radius 3 is 1.00 bits per heavy atom. The summed E-state index contributed by atoms with van der Waals surface area (Å²) in [5, 5.41) is 0. The van der Waals surface area contributed by atoms with Gasteiger partial charge in [-0.15, -0.1) is 0 Å². The molecule has 1 heterocycles. The minimum Gasteiger partial charge on any atom is -0.312 e. The van der Waals surface area contributed by atoms with Crippen LogP contribution < -0.4 is 0 Å². The van der Waals surface area contributed by atoms with Gasteiger partial charge in [-0.1, -0.05) is 0 Å². The van der Waals surface area contributed by atoms with E-state index in [1.807, 2.05) is 26.0 Å². The zero-order chi connectivity index (χ0) is 10.4. The lowest BCUT2D eigenvalue weighted by Gasteiger charge is -2.36. The summed E-state index contributed by atoms with van der Waals surface area (Å²) in [4.78, 5) is 8.84. The molecule has 80 valence electrons. The van der Waals surface area contributed by atoms with Crippen molar-refractivity contribution in [1.29, 1.82) is 0 Å². The predicted molar refractivity (Wildman–Crippen MR) is 57.5 cm³/mol. The van der Waals surface area contributed by atoms with E-state index in [0.29, 0.717) is 0 Å². The van der Waals surface area contributed by atoms with Crippen molar-refractivity contribution in [3.05, 3.63) is 0 Å². The molecule has 0 aromatic carbocycles. The molecule has 0 amide bonds. The average molecular weight is 188 g/mol. The molecular formula is C9H24N4. The van der Waals surface area contributed by atoms with Crippen LogP contribution in [0.4, 0.5) is 0 Å². The first-order valence-electron chi connectivity index (χ1n) is 4.58. The number of hydrogen-bond donors (Lipinski definition) is 0. The summed E-state index contributed by atoms with van der Waals surface area (Å²) in [6.07, 6.45) is 0. The molecule has 0 bridgehead atoms. The Labute approximate surface area is 82.7 Å². The summed E-state index contributed by atoms with van der Waals surface area (Å²) < 4.78 is 0. The molecule has 0 atom stereocenters. The van der Waals surface area contributed by atoms with Crippen molar-refractivity contribution >= 4 is 0 Å². The van der Waals surface area contributed by atoms with Crippen molar-refractivity contribution in [2.75, 3.05) is 62.3 Å². The van der Waals surface area contributed by atoms with Crippen LogP contribution in [0, 0.1) is 0 Å². The first-order chi connectivity index (χ1) is 5.91. The topological polar surface area (TPSA) is 13.0 Å². The van der Waals surface area contributed by atoms with Crippen molar-refractivity contribution in [1.82, 2.24) is 19.6 Å². The second kappa shape index (κ2) is 6.32. The number of hydrogen-bond acceptors (Lipinski definition) is 4. The van der Waals surface area contributed by atoms with Gasteiger partial charge in [0.1, 0.15) is 0 Å². The van der Waals surface area contributed by atoms with Crippen molar-refractivity contribution in [3.63, 3.8) is 0 Å². The van der Waals surface area contributed by atoms with E-state index in [0.717, 1.165) is 20.0 Å².